The minimum Gasteiger partial charge on any atom is -0.497 e. The maximum absolute atomic E-state index is 11.8. The number of rotatable bonds is 6. The summed E-state index contributed by atoms with van der Waals surface area (Å²) in [6, 6.07) is 18.3. The summed E-state index contributed by atoms with van der Waals surface area (Å²) in [5.41, 5.74) is 2.57. The molecule has 0 radical (unpaired) electrons. The van der Waals surface area contributed by atoms with Gasteiger partial charge >= 0.3 is 0 Å². The van der Waals surface area contributed by atoms with E-state index in [-0.39, 0.29) is 5.92 Å². The van der Waals surface area contributed by atoms with Gasteiger partial charge < -0.3 is 14.7 Å². The van der Waals surface area contributed by atoms with E-state index in [0.29, 0.717) is 6.42 Å². The van der Waals surface area contributed by atoms with Gasteiger partial charge in [-0.25, -0.2) is 0 Å². The lowest BCUT2D eigenvalue weighted by Gasteiger charge is -2.33. The van der Waals surface area contributed by atoms with E-state index < -0.39 is 5.60 Å². The monoisotopic (exact) mass is 351 g/mol. The molecule has 0 aromatic heterocycles. The first kappa shape index (κ1) is 18.7. The SMILES string of the molecule is COc1cccc(/C=C2\CCC(CN(C)C)C2(O)Cc2ccccc2)c1. The summed E-state index contributed by atoms with van der Waals surface area (Å²) in [6.45, 7) is 0.888. The number of benzene rings is 2. The van der Waals surface area contributed by atoms with Crippen molar-refractivity contribution in [2.45, 2.75) is 24.9 Å². The molecule has 0 amide bonds. The van der Waals surface area contributed by atoms with E-state index in [1.54, 1.807) is 7.11 Å². The second-order valence-electron chi connectivity index (χ2n) is 7.53. The standard InChI is InChI=1S/C23H29NO2/c1-24(2)17-21-13-12-20(14-19-10-7-11-22(15-19)26-3)23(21,25)16-18-8-5-4-6-9-18/h4-11,14-15,21,25H,12-13,16-17H2,1-3H3/b20-14+. The van der Waals surface area contributed by atoms with Crippen molar-refractivity contribution >= 4 is 6.08 Å². The molecule has 0 bridgehead atoms. The Kier molecular flexibility index (Phi) is 5.80. The zero-order valence-corrected chi connectivity index (χ0v) is 16.0. The summed E-state index contributed by atoms with van der Waals surface area (Å²) in [4.78, 5) is 2.18. The normalized spacial score (nSPS) is 24.3. The van der Waals surface area contributed by atoms with Gasteiger partial charge in [0.15, 0.2) is 0 Å². The highest BCUT2D eigenvalue weighted by atomic mass is 16.5. The van der Waals surface area contributed by atoms with Crippen molar-refractivity contribution in [1.29, 1.82) is 0 Å². The molecule has 1 aliphatic carbocycles. The number of ether oxygens (including phenoxy) is 1. The molecule has 3 nitrogen and oxygen atoms in total. The van der Waals surface area contributed by atoms with Crippen LogP contribution in [0, 0.1) is 5.92 Å². The first-order valence-electron chi connectivity index (χ1n) is 9.27. The Morgan fingerprint density at radius 2 is 1.92 bits per heavy atom. The number of hydrogen-bond acceptors (Lipinski definition) is 3. The van der Waals surface area contributed by atoms with Crippen molar-refractivity contribution < 1.29 is 9.84 Å². The fourth-order valence-corrected chi connectivity index (χ4v) is 4.02. The second kappa shape index (κ2) is 8.07. The molecule has 1 saturated carbocycles. The third-order valence-corrected chi connectivity index (χ3v) is 5.33. The molecule has 0 saturated heterocycles. The molecule has 2 atom stereocenters. The van der Waals surface area contributed by atoms with Gasteiger partial charge in [0, 0.05) is 18.9 Å². The molecule has 2 aromatic rings. The van der Waals surface area contributed by atoms with Crippen molar-refractivity contribution in [1.82, 2.24) is 4.90 Å². The Labute approximate surface area is 156 Å². The molecule has 2 aromatic carbocycles. The van der Waals surface area contributed by atoms with Crippen LogP contribution in [0.25, 0.3) is 6.08 Å². The van der Waals surface area contributed by atoms with Gasteiger partial charge in [-0.3, -0.25) is 0 Å². The van der Waals surface area contributed by atoms with Gasteiger partial charge in [-0.05, 0) is 55.8 Å². The highest BCUT2D eigenvalue weighted by Gasteiger charge is 2.44. The summed E-state index contributed by atoms with van der Waals surface area (Å²) >= 11 is 0. The van der Waals surface area contributed by atoms with Gasteiger partial charge in [0.2, 0.25) is 0 Å². The first-order chi connectivity index (χ1) is 12.5. The van der Waals surface area contributed by atoms with Crippen LogP contribution in [0.4, 0.5) is 0 Å². The predicted octanol–water partition coefficient (Wildman–Crippen LogP) is 4.02. The fraction of sp³-hybridized carbons (Fsp3) is 0.391. The molecule has 0 aliphatic heterocycles. The van der Waals surface area contributed by atoms with Crippen LogP contribution >= 0.6 is 0 Å². The summed E-state index contributed by atoms with van der Waals surface area (Å²) in [5.74, 6) is 1.07. The highest BCUT2D eigenvalue weighted by Crippen LogP contribution is 2.44. The van der Waals surface area contributed by atoms with Crippen molar-refractivity contribution in [3.8, 4) is 5.75 Å². The summed E-state index contributed by atoms with van der Waals surface area (Å²) in [5, 5.41) is 11.8. The van der Waals surface area contributed by atoms with E-state index in [1.165, 1.54) is 5.56 Å². The quantitative estimate of drug-likeness (QED) is 0.853. The molecule has 1 fully saturated rings. The van der Waals surface area contributed by atoms with Crippen molar-refractivity contribution in [3.05, 3.63) is 71.3 Å². The number of nitrogens with zero attached hydrogens (tertiary/aromatic N) is 1. The zero-order valence-electron chi connectivity index (χ0n) is 16.0. The van der Waals surface area contributed by atoms with E-state index in [1.807, 2.05) is 36.4 Å². The molecule has 0 spiro atoms. The summed E-state index contributed by atoms with van der Waals surface area (Å²) in [6.07, 6.45) is 4.75. The van der Waals surface area contributed by atoms with Gasteiger partial charge in [0.1, 0.15) is 5.75 Å². The topological polar surface area (TPSA) is 32.7 Å². The predicted molar refractivity (Wildman–Crippen MR) is 107 cm³/mol. The average Bonchev–Trinajstić information content (AvgIpc) is 2.91. The lowest BCUT2D eigenvalue weighted by Crippen LogP contribution is -2.42. The van der Waals surface area contributed by atoms with Gasteiger partial charge in [-0.2, -0.15) is 0 Å². The Balaban J connectivity index is 1.95. The van der Waals surface area contributed by atoms with Crippen LogP contribution in [0.15, 0.2) is 60.2 Å². The van der Waals surface area contributed by atoms with Crippen LogP contribution in [0.1, 0.15) is 24.0 Å². The van der Waals surface area contributed by atoms with Crippen LogP contribution in [-0.2, 0) is 6.42 Å². The van der Waals surface area contributed by atoms with E-state index in [0.717, 1.165) is 36.3 Å². The van der Waals surface area contributed by atoms with E-state index in [9.17, 15) is 5.11 Å². The van der Waals surface area contributed by atoms with Crippen molar-refractivity contribution in [3.63, 3.8) is 0 Å². The first-order valence-corrected chi connectivity index (χ1v) is 9.27. The van der Waals surface area contributed by atoms with Crippen LogP contribution < -0.4 is 4.74 Å². The molecule has 2 unspecified atom stereocenters. The van der Waals surface area contributed by atoms with E-state index >= 15 is 0 Å². The third-order valence-electron chi connectivity index (χ3n) is 5.33. The molecular formula is C23H29NO2. The Bertz CT molecular complexity index is 754. The molecule has 3 heteroatoms. The molecule has 26 heavy (non-hydrogen) atoms. The Morgan fingerprint density at radius 1 is 1.15 bits per heavy atom. The number of methoxy groups -OCH3 is 1. The second-order valence-corrected chi connectivity index (χ2v) is 7.53. The molecule has 0 heterocycles. The minimum atomic E-state index is -0.811. The van der Waals surface area contributed by atoms with Crippen molar-refractivity contribution in [2.75, 3.05) is 27.7 Å². The molecular weight excluding hydrogens is 322 g/mol. The zero-order chi connectivity index (χ0) is 18.6. The van der Waals surface area contributed by atoms with Crippen LogP contribution in [0.5, 0.6) is 5.75 Å². The molecule has 3 rings (SSSR count). The van der Waals surface area contributed by atoms with Gasteiger partial charge in [0.05, 0.1) is 12.7 Å². The third kappa shape index (κ3) is 4.17. The fourth-order valence-electron chi connectivity index (χ4n) is 4.02. The summed E-state index contributed by atoms with van der Waals surface area (Å²) < 4.78 is 5.34. The largest absolute Gasteiger partial charge is 0.497 e. The Hall–Kier alpha value is -2.10. The lowest BCUT2D eigenvalue weighted by atomic mass is 9.81. The van der Waals surface area contributed by atoms with Gasteiger partial charge in [0.25, 0.3) is 0 Å². The van der Waals surface area contributed by atoms with Crippen LogP contribution in [0.2, 0.25) is 0 Å². The number of aliphatic hydroxyl groups is 1. The van der Waals surface area contributed by atoms with Gasteiger partial charge in [-0.15, -0.1) is 0 Å². The van der Waals surface area contributed by atoms with Gasteiger partial charge in [-0.1, -0.05) is 48.5 Å². The Morgan fingerprint density at radius 3 is 2.62 bits per heavy atom. The van der Waals surface area contributed by atoms with Crippen LogP contribution in [0.3, 0.4) is 0 Å². The summed E-state index contributed by atoms with van der Waals surface area (Å²) in [7, 11) is 5.83. The lowest BCUT2D eigenvalue weighted by molar-refractivity contribution is 0.0257. The van der Waals surface area contributed by atoms with Crippen molar-refractivity contribution in [2.24, 2.45) is 5.92 Å². The van der Waals surface area contributed by atoms with E-state index in [4.69, 9.17) is 4.74 Å². The minimum absolute atomic E-state index is 0.231. The average molecular weight is 351 g/mol. The number of hydrogen-bond donors (Lipinski definition) is 1. The molecule has 1 N–H and O–H groups in total. The smallest absolute Gasteiger partial charge is 0.119 e. The maximum atomic E-state index is 11.8. The van der Waals surface area contributed by atoms with Crippen LogP contribution in [-0.4, -0.2) is 43.4 Å². The molecule has 138 valence electrons. The van der Waals surface area contributed by atoms with E-state index in [2.05, 4.69) is 43.3 Å². The maximum Gasteiger partial charge on any atom is 0.119 e. The molecule has 1 aliphatic rings. The highest BCUT2D eigenvalue weighted by molar-refractivity contribution is 5.58.